The summed E-state index contributed by atoms with van der Waals surface area (Å²) in [6.07, 6.45) is 0. The van der Waals surface area contributed by atoms with Crippen LogP contribution in [-0.4, -0.2) is 60.3 Å². The number of methoxy groups -OCH3 is 1. The molecular formula is C15H20N4O2. The molecule has 0 aliphatic carbocycles. The molecule has 112 valence electrons. The van der Waals surface area contributed by atoms with E-state index in [0.29, 0.717) is 13.1 Å². The fourth-order valence-corrected chi connectivity index (χ4v) is 2.79. The third-order valence-electron chi connectivity index (χ3n) is 3.95. The Hall–Kier alpha value is -2.08. The molecule has 6 nitrogen and oxygen atoms in total. The average molecular weight is 288 g/mol. The number of hydrogen-bond donors (Lipinski definition) is 0. The number of amides is 1. The number of hydrogen-bond acceptors (Lipinski definition) is 4. The van der Waals surface area contributed by atoms with Gasteiger partial charge in [-0.3, -0.25) is 4.79 Å². The van der Waals surface area contributed by atoms with E-state index in [0.717, 1.165) is 30.1 Å². The van der Waals surface area contributed by atoms with E-state index >= 15 is 0 Å². The van der Waals surface area contributed by atoms with Crippen LogP contribution in [0, 0.1) is 0 Å². The van der Waals surface area contributed by atoms with Gasteiger partial charge in [0.25, 0.3) is 0 Å². The van der Waals surface area contributed by atoms with Crippen molar-refractivity contribution in [1.82, 2.24) is 14.5 Å². The third kappa shape index (κ3) is 2.58. The molecule has 21 heavy (non-hydrogen) atoms. The number of anilines is 1. The van der Waals surface area contributed by atoms with Gasteiger partial charge >= 0.3 is 0 Å². The molecule has 1 saturated heterocycles. The number of imidazole rings is 1. The summed E-state index contributed by atoms with van der Waals surface area (Å²) >= 11 is 0. The number of benzene rings is 1. The highest BCUT2D eigenvalue weighted by molar-refractivity contribution is 5.79. The summed E-state index contributed by atoms with van der Waals surface area (Å²) in [7, 11) is 3.58. The topological polar surface area (TPSA) is 50.6 Å². The number of para-hydroxylation sites is 2. The normalized spacial score (nSPS) is 15.7. The van der Waals surface area contributed by atoms with Crippen LogP contribution in [0.4, 0.5) is 5.95 Å². The molecular weight excluding hydrogens is 268 g/mol. The molecule has 1 amide bonds. The molecule has 6 heteroatoms. The Morgan fingerprint density at radius 3 is 2.62 bits per heavy atom. The number of piperazine rings is 1. The number of aromatic nitrogens is 2. The monoisotopic (exact) mass is 288 g/mol. The summed E-state index contributed by atoms with van der Waals surface area (Å²) in [5, 5.41) is 0. The summed E-state index contributed by atoms with van der Waals surface area (Å²) in [4.78, 5) is 20.6. The van der Waals surface area contributed by atoms with E-state index in [1.54, 1.807) is 7.11 Å². The van der Waals surface area contributed by atoms with Crippen LogP contribution in [0.3, 0.4) is 0 Å². The number of aryl methyl sites for hydroxylation is 1. The van der Waals surface area contributed by atoms with Crippen molar-refractivity contribution < 1.29 is 9.53 Å². The minimum absolute atomic E-state index is 0.0575. The molecule has 0 unspecified atom stereocenters. The van der Waals surface area contributed by atoms with E-state index in [2.05, 4.69) is 15.5 Å². The maximum Gasteiger partial charge on any atom is 0.248 e. The zero-order chi connectivity index (χ0) is 14.8. The fourth-order valence-electron chi connectivity index (χ4n) is 2.79. The number of nitrogens with zero attached hydrogens (tertiary/aromatic N) is 4. The Balaban J connectivity index is 1.74. The summed E-state index contributed by atoms with van der Waals surface area (Å²) in [5.74, 6) is 1.03. The third-order valence-corrected chi connectivity index (χ3v) is 3.95. The highest BCUT2D eigenvalue weighted by atomic mass is 16.5. The van der Waals surface area contributed by atoms with Gasteiger partial charge in [-0.05, 0) is 12.1 Å². The molecule has 1 aliphatic heterocycles. The highest BCUT2D eigenvalue weighted by Gasteiger charge is 2.23. The van der Waals surface area contributed by atoms with Crippen LogP contribution < -0.4 is 4.90 Å². The van der Waals surface area contributed by atoms with Crippen molar-refractivity contribution in [3.8, 4) is 0 Å². The first-order valence-corrected chi connectivity index (χ1v) is 7.14. The minimum Gasteiger partial charge on any atom is -0.375 e. The first kappa shape index (κ1) is 13.9. The lowest BCUT2D eigenvalue weighted by Gasteiger charge is -2.35. The van der Waals surface area contributed by atoms with Crippen molar-refractivity contribution in [2.45, 2.75) is 0 Å². The van der Waals surface area contributed by atoms with Gasteiger partial charge in [-0.25, -0.2) is 4.98 Å². The summed E-state index contributed by atoms with van der Waals surface area (Å²) in [6, 6.07) is 8.12. The second-order valence-electron chi connectivity index (χ2n) is 5.26. The fraction of sp³-hybridized carbons (Fsp3) is 0.467. The molecule has 0 spiro atoms. The van der Waals surface area contributed by atoms with Crippen molar-refractivity contribution >= 4 is 22.9 Å². The van der Waals surface area contributed by atoms with Crippen LogP contribution in [0.1, 0.15) is 0 Å². The van der Waals surface area contributed by atoms with Crippen LogP contribution in [0.2, 0.25) is 0 Å². The molecule has 1 aromatic heterocycles. The summed E-state index contributed by atoms with van der Waals surface area (Å²) in [6.45, 7) is 3.18. The van der Waals surface area contributed by atoms with E-state index in [1.165, 1.54) is 0 Å². The second kappa shape index (κ2) is 5.73. The lowest BCUT2D eigenvalue weighted by atomic mass is 10.3. The van der Waals surface area contributed by atoms with Gasteiger partial charge < -0.3 is 19.1 Å². The van der Waals surface area contributed by atoms with E-state index in [-0.39, 0.29) is 12.5 Å². The minimum atomic E-state index is 0.0575. The maximum atomic E-state index is 11.8. The molecule has 0 atom stereocenters. The SMILES string of the molecule is COCC(=O)N1CCN(c2nc3ccccc3n2C)CC1. The molecule has 2 aromatic rings. The Kier molecular flexibility index (Phi) is 3.79. The van der Waals surface area contributed by atoms with Gasteiger partial charge in [-0.1, -0.05) is 12.1 Å². The first-order chi connectivity index (χ1) is 10.2. The Morgan fingerprint density at radius 2 is 1.95 bits per heavy atom. The zero-order valence-electron chi connectivity index (χ0n) is 12.5. The molecule has 0 N–H and O–H groups in total. The summed E-state index contributed by atoms with van der Waals surface area (Å²) in [5.41, 5.74) is 2.14. The van der Waals surface area contributed by atoms with E-state index in [1.807, 2.05) is 30.1 Å². The molecule has 2 heterocycles. The smallest absolute Gasteiger partial charge is 0.248 e. The quantitative estimate of drug-likeness (QED) is 0.841. The van der Waals surface area contributed by atoms with Crippen LogP contribution in [0.5, 0.6) is 0 Å². The molecule has 0 radical (unpaired) electrons. The van der Waals surface area contributed by atoms with Crippen molar-refractivity contribution in [3.63, 3.8) is 0 Å². The maximum absolute atomic E-state index is 11.8. The standard InChI is InChI=1S/C15H20N4O2/c1-17-13-6-4-3-5-12(13)16-15(17)19-9-7-18(8-10-19)14(20)11-21-2/h3-6H,7-11H2,1-2H3. The van der Waals surface area contributed by atoms with Crippen LogP contribution in [0.15, 0.2) is 24.3 Å². The van der Waals surface area contributed by atoms with Crippen LogP contribution in [0.25, 0.3) is 11.0 Å². The van der Waals surface area contributed by atoms with Crippen molar-refractivity contribution in [2.24, 2.45) is 7.05 Å². The van der Waals surface area contributed by atoms with E-state index < -0.39 is 0 Å². The van der Waals surface area contributed by atoms with Crippen molar-refractivity contribution in [1.29, 1.82) is 0 Å². The number of rotatable bonds is 3. The average Bonchev–Trinajstić information content (AvgIpc) is 2.85. The van der Waals surface area contributed by atoms with Crippen LogP contribution >= 0.6 is 0 Å². The van der Waals surface area contributed by atoms with Gasteiger partial charge in [0.2, 0.25) is 11.9 Å². The Morgan fingerprint density at radius 1 is 1.24 bits per heavy atom. The predicted molar refractivity (Wildman–Crippen MR) is 81.4 cm³/mol. The molecule has 3 rings (SSSR count). The van der Waals surface area contributed by atoms with Gasteiger partial charge in [0.15, 0.2) is 0 Å². The Bertz CT molecular complexity index is 644. The van der Waals surface area contributed by atoms with E-state index in [9.17, 15) is 4.79 Å². The van der Waals surface area contributed by atoms with Gasteiger partial charge in [-0.15, -0.1) is 0 Å². The largest absolute Gasteiger partial charge is 0.375 e. The number of carbonyl (C=O) groups is 1. The molecule has 0 bridgehead atoms. The van der Waals surface area contributed by atoms with Crippen molar-refractivity contribution in [3.05, 3.63) is 24.3 Å². The van der Waals surface area contributed by atoms with Crippen molar-refractivity contribution in [2.75, 3.05) is 44.8 Å². The van der Waals surface area contributed by atoms with Crippen LogP contribution in [-0.2, 0) is 16.6 Å². The summed E-state index contributed by atoms with van der Waals surface area (Å²) < 4.78 is 7.02. The molecule has 0 saturated carbocycles. The number of fused-ring (bicyclic) bond motifs is 1. The lowest BCUT2D eigenvalue weighted by molar-refractivity contribution is -0.135. The molecule has 1 fully saturated rings. The zero-order valence-corrected chi connectivity index (χ0v) is 12.5. The van der Waals surface area contributed by atoms with E-state index in [4.69, 9.17) is 9.72 Å². The number of ether oxygens (including phenoxy) is 1. The lowest BCUT2D eigenvalue weighted by Crippen LogP contribution is -2.50. The highest BCUT2D eigenvalue weighted by Crippen LogP contribution is 2.21. The molecule has 1 aliphatic rings. The number of carbonyl (C=O) groups excluding carboxylic acids is 1. The Labute approximate surface area is 123 Å². The van der Waals surface area contributed by atoms with Gasteiger partial charge in [-0.2, -0.15) is 0 Å². The van der Waals surface area contributed by atoms with Gasteiger partial charge in [0.1, 0.15) is 6.61 Å². The molecule has 1 aromatic carbocycles. The second-order valence-corrected chi connectivity index (χ2v) is 5.26. The first-order valence-electron chi connectivity index (χ1n) is 7.14. The predicted octanol–water partition coefficient (Wildman–Crippen LogP) is 0.868. The van der Waals surface area contributed by atoms with Gasteiger partial charge in [0, 0.05) is 40.3 Å². The van der Waals surface area contributed by atoms with Gasteiger partial charge in [0.05, 0.1) is 11.0 Å².